The Kier molecular flexibility index (Phi) is 5.75. The van der Waals surface area contributed by atoms with Gasteiger partial charge in [-0.1, -0.05) is 12.1 Å². The standard InChI is InChI=1S/C19H20FNO4/c1-19(2,3)25-18(23)21-15-6-4-5-13(9-15)12-24-16-7-8-17(20)14(10-16)11-22/h4-11H,12H2,1-3H3,(H,21,23). The summed E-state index contributed by atoms with van der Waals surface area (Å²) in [6, 6.07) is 11.0. The molecule has 6 heteroatoms. The zero-order valence-corrected chi connectivity index (χ0v) is 14.3. The second-order valence-corrected chi connectivity index (χ2v) is 6.42. The van der Waals surface area contributed by atoms with E-state index in [4.69, 9.17) is 9.47 Å². The first kappa shape index (κ1) is 18.4. The maximum atomic E-state index is 13.3. The van der Waals surface area contributed by atoms with Crippen molar-refractivity contribution in [3.63, 3.8) is 0 Å². The molecule has 0 unspecified atom stereocenters. The summed E-state index contributed by atoms with van der Waals surface area (Å²) in [6.45, 7) is 5.56. The van der Waals surface area contributed by atoms with Gasteiger partial charge in [-0.2, -0.15) is 0 Å². The van der Waals surface area contributed by atoms with E-state index in [0.29, 0.717) is 17.7 Å². The van der Waals surface area contributed by atoms with Gasteiger partial charge in [-0.05, 0) is 56.7 Å². The third kappa shape index (κ3) is 5.91. The molecule has 2 aromatic carbocycles. The first-order valence-corrected chi connectivity index (χ1v) is 7.73. The van der Waals surface area contributed by atoms with E-state index < -0.39 is 17.5 Å². The van der Waals surface area contributed by atoms with Gasteiger partial charge in [0.25, 0.3) is 0 Å². The highest BCUT2D eigenvalue weighted by molar-refractivity contribution is 5.84. The van der Waals surface area contributed by atoms with Gasteiger partial charge in [-0.15, -0.1) is 0 Å². The lowest BCUT2D eigenvalue weighted by molar-refractivity contribution is 0.0635. The Morgan fingerprint density at radius 3 is 2.64 bits per heavy atom. The van der Waals surface area contributed by atoms with Crippen molar-refractivity contribution in [2.45, 2.75) is 33.0 Å². The van der Waals surface area contributed by atoms with Crippen molar-refractivity contribution in [1.82, 2.24) is 0 Å². The zero-order chi connectivity index (χ0) is 18.4. The molecule has 1 N–H and O–H groups in total. The van der Waals surface area contributed by atoms with Gasteiger partial charge in [0.1, 0.15) is 23.8 Å². The first-order chi connectivity index (χ1) is 11.8. The predicted octanol–water partition coefficient (Wildman–Crippen LogP) is 4.56. The number of benzene rings is 2. The lowest BCUT2D eigenvalue weighted by Gasteiger charge is -2.19. The van der Waals surface area contributed by atoms with E-state index in [1.165, 1.54) is 18.2 Å². The summed E-state index contributed by atoms with van der Waals surface area (Å²) < 4.78 is 24.0. The van der Waals surface area contributed by atoms with Crippen LogP contribution in [0.4, 0.5) is 14.9 Å². The fraction of sp³-hybridized carbons (Fsp3) is 0.263. The number of amides is 1. The quantitative estimate of drug-likeness (QED) is 0.807. The molecule has 0 saturated carbocycles. The van der Waals surface area contributed by atoms with Crippen LogP contribution in [0, 0.1) is 5.82 Å². The number of hydrogen-bond donors (Lipinski definition) is 1. The van der Waals surface area contributed by atoms with Crippen LogP contribution < -0.4 is 10.1 Å². The third-order valence-corrected chi connectivity index (χ3v) is 3.07. The van der Waals surface area contributed by atoms with Crippen LogP contribution in [0.15, 0.2) is 42.5 Å². The average Bonchev–Trinajstić information content (AvgIpc) is 2.52. The van der Waals surface area contributed by atoms with E-state index in [0.717, 1.165) is 5.56 Å². The Labute approximate surface area is 145 Å². The number of hydrogen-bond acceptors (Lipinski definition) is 4. The molecule has 0 bridgehead atoms. The van der Waals surface area contributed by atoms with Crippen molar-refractivity contribution in [3.05, 3.63) is 59.4 Å². The molecule has 2 rings (SSSR count). The summed E-state index contributed by atoms with van der Waals surface area (Å²) >= 11 is 0. The molecule has 0 aliphatic carbocycles. The zero-order valence-electron chi connectivity index (χ0n) is 14.3. The number of ether oxygens (including phenoxy) is 2. The van der Waals surface area contributed by atoms with Gasteiger partial charge in [0.15, 0.2) is 6.29 Å². The van der Waals surface area contributed by atoms with E-state index in [9.17, 15) is 14.0 Å². The lowest BCUT2D eigenvalue weighted by Crippen LogP contribution is -2.27. The van der Waals surface area contributed by atoms with Gasteiger partial charge in [0.2, 0.25) is 0 Å². The van der Waals surface area contributed by atoms with E-state index in [1.807, 2.05) is 6.07 Å². The highest BCUT2D eigenvalue weighted by Crippen LogP contribution is 2.19. The Morgan fingerprint density at radius 2 is 1.96 bits per heavy atom. The van der Waals surface area contributed by atoms with Gasteiger partial charge in [0, 0.05) is 5.69 Å². The predicted molar refractivity (Wildman–Crippen MR) is 92.4 cm³/mol. The molecular formula is C19H20FNO4. The molecule has 0 atom stereocenters. The van der Waals surface area contributed by atoms with Crippen LogP contribution in [0.5, 0.6) is 5.75 Å². The summed E-state index contributed by atoms with van der Waals surface area (Å²) in [5, 5.41) is 2.65. The van der Waals surface area contributed by atoms with Gasteiger partial charge < -0.3 is 9.47 Å². The topological polar surface area (TPSA) is 64.6 Å². The fourth-order valence-corrected chi connectivity index (χ4v) is 2.03. The molecule has 0 spiro atoms. The van der Waals surface area contributed by atoms with Crippen LogP contribution in [0.25, 0.3) is 0 Å². The first-order valence-electron chi connectivity index (χ1n) is 7.73. The molecule has 0 aliphatic heterocycles. The van der Waals surface area contributed by atoms with Crippen LogP contribution >= 0.6 is 0 Å². The number of nitrogens with one attached hydrogen (secondary N) is 1. The highest BCUT2D eigenvalue weighted by atomic mass is 19.1. The van der Waals surface area contributed by atoms with Crippen molar-refractivity contribution >= 4 is 18.1 Å². The number of anilines is 1. The molecule has 0 heterocycles. The monoisotopic (exact) mass is 345 g/mol. The molecule has 0 saturated heterocycles. The van der Waals surface area contributed by atoms with Crippen molar-refractivity contribution in [2.75, 3.05) is 5.32 Å². The summed E-state index contributed by atoms with van der Waals surface area (Å²) in [4.78, 5) is 22.5. The molecule has 0 aliphatic rings. The van der Waals surface area contributed by atoms with E-state index >= 15 is 0 Å². The van der Waals surface area contributed by atoms with Crippen LogP contribution in [-0.4, -0.2) is 18.0 Å². The summed E-state index contributed by atoms with van der Waals surface area (Å²) in [6.07, 6.45) is -0.104. The molecule has 0 aromatic heterocycles. The minimum Gasteiger partial charge on any atom is -0.489 e. The molecule has 25 heavy (non-hydrogen) atoms. The van der Waals surface area contributed by atoms with Gasteiger partial charge in [-0.3, -0.25) is 10.1 Å². The largest absolute Gasteiger partial charge is 0.489 e. The molecule has 2 aromatic rings. The van der Waals surface area contributed by atoms with E-state index in [1.54, 1.807) is 39.0 Å². The lowest BCUT2D eigenvalue weighted by atomic mass is 10.2. The summed E-state index contributed by atoms with van der Waals surface area (Å²) in [5.41, 5.74) is 0.732. The number of carbonyl (C=O) groups excluding carboxylic acids is 2. The van der Waals surface area contributed by atoms with Gasteiger partial charge >= 0.3 is 6.09 Å². The van der Waals surface area contributed by atoms with Crippen LogP contribution in [0.2, 0.25) is 0 Å². The molecule has 132 valence electrons. The average molecular weight is 345 g/mol. The van der Waals surface area contributed by atoms with Gasteiger partial charge in [-0.25, -0.2) is 9.18 Å². The minimum atomic E-state index is -0.592. The highest BCUT2D eigenvalue weighted by Gasteiger charge is 2.16. The number of carbonyl (C=O) groups is 2. The maximum absolute atomic E-state index is 13.3. The maximum Gasteiger partial charge on any atom is 0.412 e. The Bertz CT molecular complexity index is 768. The normalized spacial score (nSPS) is 10.9. The van der Waals surface area contributed by atoms with Crippen LogP contribution in [0.1, 0.15) is 36.7 Å². The Hall–Kier alpha value is -2.89. The summed E-state index contributed by atoms with van der Waals surface area (Å²) in [5.74, 6) is -0.208. The van der Waals surface area contributed by atoms with Gasteiger partial charge in [0.05, 0.1) is 5.56 Å². The van der Waals surface area contributed by atoms with Crippen LogP contribution in [0.3, 0.4) is 0 Å². The second kappa shape index (κ2) is 7.79. The number of aldehydes is 1. The molecule has 0 radical (unpaired) electrons. The number of rotatable bonds is 5. The van der Waals surface area contributed by atoms with Crippen molar-refractivity contribution in [1.29, 1.82) is 0 Å². The second-order valence-electron chi connectivity index (χ2n) is 6.42. The minimum absolute atomic E-state index is 0.0576. The molecular weight excluding hydrogens is 325 g/mol. The van der Waals surface area contributed by atoms with Crippen molar-refractivity contribution < 1.29 is 23.5 Å². The Morgan fingerprint density at radius 1 is 1.20 bits per heavy atom. The fourth-order valence-electron chi connectivity index (χ4n) is 2.03. The molecule has 5 nitrogen and oxygen atoms in total. The smallest absolute Gasteiger partial charge is 0.412 e. The Balaban J connectivity index is 1.99. The van der Waals surface area contributed by atoms with Crippen molar-refractivity contribution in [2.24, 2.45) is 0 Å². The van der Waals surface area contributed by atoms with Crippen molar-refractivity contribution in [3.8, 4) is 5.75 Å². The number of halogens is 1. The summed E-state index contributed by atoms with van der Waals surface area (Å²) in [7, 11) is 0. The van der Waals surface area contributed by atoms with E-state index in [-0.39, 0.29) is 12.2 Å². The van der Waals surface area contributed by atoms with Crippen LogP contribution in [-0.2, 0) is 11.3 Å². The third-order valence-electron chi connectivity index (χ3n) is 3.07. The molecule has 1 amide bonds. The molecule has 0 fully saturated rings. The SMILES string of the molecule is CC(C)(C)OC(=O)Nc1cccc(COc2ccc(F)c(C=O)c2)c1. The van der Waals surface area contributed by atoms with E-state index in [2.05, 4.69) is 5.32 Å².